The molecule has 0 atom stereocenters. The van der Waals surface area contributed by atoms with E-state index in [2.05, 4.69) is 295 Å². The van der Waals surface area contributed by atoms with Gasteiger partial charge in [0, 0.05) is 45.0 Å². The highest BCUT2D eigenvalue weighted by atomic mass is 79.9. The van der Waals surface area contributed by atoms with Gasteiger partial charge in [-0.1, -0.05) is 303 Å². The molecule has 2 heterocycles. The van der Waals surface area contributed by atoms with E-state index in [-0.39, 0.29) is 0 Å². The van der Waals surface area contributed by atoms with Crippen molar-refractivity contribution in [2.75, 3.05) is 0 Å². The molecule has 0 aliphatic rings. The normalized spacial score (nSPS) is 11.5. The standard InChI is InChI=1S/C42H26S.C30H19Br.C12H9BO2S/c1-2-13-27(14-3-1)28-25-26-36(30-16-5-4-15-29(28)30)40-32-18-6-8-20-34(32)41(35-21-9-7-19-33(35)40)38-23-12-22-37-31-17-10-11-24-39(31)43-42(37)38;31-30-27-16-8-6-14-24(27)29(25-15-7-9-17-28(25)30)26-19-18-21(20-10-2-1-3-11-20)22-12-4-5-13-23(22)26;14-13(15)10-6-3-5-9-8-4-1-2-7-11(8)16-12(9)10/h1-26H;1-19H;1-7,14-15H. The molecule has 0 bridgehead atoms. The van der Waals surface area contributed by atoms with Crippen molar-refractivity contribution in [1.82, 2.24) is 0 Å². The van der Waals surface area contributed by atoms with Gasteiger partial charge >= 0.3 is 7.12 Å². The fourth-order valence-corrected chi connectivity index (χ4v) is 16.9. The Hall–Kier alpha value is -10.0. The van der Waals surface area contributed by atoms with E-state index in [1.54, 1.807) is 17.4 Å². The van der Waals surface area contributed by atoms with Gasteiger partial charge in [-0.25, -0.2) is 0 Å². The van der Waals surface area contributed by atoms with Crippen LogP contribution in [-0.4, -0.2) is 17.2 Å². The number of rotatable bonds is 6. The van der Waals surface area contributed by atoms with Crippen molar-refractivity contribution in [2.45, 2.75) is 0 Å². The molecule has 18 rings (SSSR count). The third-order valence-electron chi connectivity index (χ3n) is 17.7. The van der Waals surface area contributed by atoms with Crippen LogP contribution in [0.4, 0.5) is 0 Å². The molecule has 0 saturated heterocycles. The first kappa shape index (κ1) is 55.3. The Morgan fingerprint density at radius 2 is 0.511 bits per heavy atom. The monoisotopic (exact) mass is 1250 g/mol. The second-order valence-corrected chi connectivity index (χ2v) is 25.6. The molecule has 2 nitrogen and oxygen atoms in total. The first-order valence-corrected chi connectivity index (χ1v) is 32.7. The van der Waals surface area contributed by atoms with Gasteiger partial charge in [0.2, 0.25) is 0 Å². The average Bonchev–Trinajstić information content (AvgIpc) is 0.934. The molecular formula is C84H54BBrO2S2. The molecule has 0 amide bonds. The van der Waals surface area contributed by atoms with E-state index in [4.69, 9.17) is 0 Å². The Labute approximate surface area is 537 Å². The largest absolute Gasteiger partial charge is 0.489 e. The molecule has 16 aromatic carbocycles. The molecule has 90 heavy (non-hydrogen) atoms. The van der Waals surface area contributed by atoms with Crippen molar-refractivity contribution < 1.29 is 10.0 Å². The van der Waals surface area contributed by atoms with Gasteiger partial charge in [-0.3, -0.25) is 0 Å². The molecule has 0 spiro atoms. The fraction of sp³-hybridized carbons (Fsp3) is 0. The summed E-state index contributed by atoms with van der Waals surface area (Å²) in [4.78, 5) is 0. The third kappa shape index (κ3) is 9.55. The molecule has 6 heteroatoms. The molecule has 0 aliphatic carbocycles. The van der Waals surface area contributed by atoms with E-state index in [1.807, 2.05) is 41.7 Å². The predicted octanol–water partition coefficient (Wildman–Crippen LogP) is 23.5. The summed E-state index contributed by atoms with van der Waals surface area (Å²) in [5.41, 5.74) is 13.4. The number of thiophene rings is 2. The number of hydrogen-bond acceptors (Lipinski definition) is 4. The number of hydrogen-bond donors (Lipinski definition) is 2. The van der Waals surface area contributed by atoms with E-state index >= 15 is 0 Å². The van der Waals surface area contributed by atoms with Gasteiger partial charge in [0.1, 0.15) is 0 Å². The minimum atomic E-state index is -1.41. The Balaban J connectivity index is 0.000000120. The van der Waals surface area contributed by atoms with Crippen molar-refractivity contribution in [3.8, 4) is 55.6 Å². The van der Waals surface area contributed by atoms with E-state index in [0.717, 1.165) is 14.6 Å². The molecule has 0 radical (unpaired) electrons. The zero-order chi connectivity index (χ0) is 60.2. The Morgan fingerprint density at radius 3 is 0.933 bits per heavy atom. The van der Waals surface area contributed by atoms with Gasteiger partial charge in [0.15, 0.2) is 0 Å². The van der Waals surface area contributed by atoms with Gasteiger partial charge in [0.25, 0.3) is 0 Å². The fourth-order valence-electron chi connectivity index (χ4n) is 13.8. The molecule has 0 unspecified atom stereocenters. The van der Waals surface area contributed by atoms with Crippen LogP contribution in [0.15, 0.2) is 320 Å². The number of halogens is 1. The van der Waals surface area contributed by atoms with Crippen molar-refractivity contribution in [3.05, 3.63) is 320 Å². The number of fused-ring (bicyclic) bond motifs is 12. The third-order valence-corrected chi connectivity index (χ3v) is 21.1. The Kier molecular flexibility index (Phi) is 14.4. The van der Waals surface area contributed by atoms with Crippen LogP contribution < -0.4 is 5.46 Å². The molecule has 0 fully saturated rings. The summed E-state index contributed by atoms with van der Waals surface area (Å²) in [6.07, 6.45) is 0. The molecule has 0 saturated carbocycles. The van der Waals surface area contributed by atoms with E-state index in [9.17, 15) is 10.0 Å². The lowest BCUT2D eigenvalue weighted by Crippen LogP contribution is -2.29. The second-order valence-electron chi connectivity index (χ2n) is 22.7. The van der Waals surface area contributed by atoms with Crippen LogP contribution >= 0.6 is 38.6 Å². The second kappa shape index (κ2) is 23.5. The van der Waals surface area contributed by atoms with Crippen LogP contribution in [-0.2, 0) is 0 Å². The van der Waals surface area contributed by atoms with Gasteiger partial charge in [-0.15, -0.1) is 22.7 Å². The molecule has 18 aromatic rings. The topological polar surface area (TPSA) is 40.5 Å². The summed E-state index contributed by atoms with van der Waals surface area (Å²) in [6, 6.07) is 113. The molecular weight excluding hydrogens is 1200 g/mol. The summed E-state index contributed by atoms with van der Waals surface area (Å²) in [5.74, 6) is 0. The minimum absolute atomic E-state index is 0.582. The van der Waals surface area contributed by atoms with Gasteiger partial charge < -0.3 is 10.0 Å². The Bertz CT molecular complexity index is 5680. The highest BCUT2D eigenvalue weighted by molar-refractivity contribution is 9.10. The minimum Gasteiger partial charge on any atom is -0.423 e. The molecule has 0 aliphatic heterocycles. The zero-order valence-electron chi connectivity index (χ0n) is 48.7. The highest BCUT2D eigenvalue weighted by Gasteiger charge is 2.23. The van der Waals surface area contributed by atoms with Crippen LogP contribution in [0.25, 0.3) is 161 Å². The summed E-state index contributed by atoms with van der Waals surface area (Å²) in [6.45, 7) is 0. The van der Waals surface area contributed by atoms with Crippen molar-refractivity contribution in [1.29, 1.82) is 0 Å². The maximum absolute atomic E-state index is 9.31. The van der Waals surface area contributed by atoms with Gasteiger partial charge in [-0.2, -0.15) is 0 Å². The highest BCUT2D eigenvalue weighted by Crippen LogP contribution is 2.50. The van der Waals surface area contributed by atoms with Gasteiger partial charge in [0.05, 0.1) is 0 Å². The summed E-state index contributed by atoms with van der Waals surface area (Å²) >= 11 is 7.38. The summed E-state index contributed by atoms with van der Waals surface area (Å²) in [5, 5.41) is 38.8. The maximum Gasteiger partial charge on any atom is 0.489 e. The quantitative estimate of drug-likeness (QED) is 0.129. The zero-order valence-corrected chi connectivity index (χ0v) is 51.9. The summed E-state index contributed by atoms with van der Waals surface area (Å²) < 4.78 is 5.97. The maximum atomic E-state index is 9.31. The van der Waals surface area contributed by atoms with Crippen LogP contribution in [0.3, 0.4) is 0 Å². The van der Waals surface area contributed by atoms with Crippen LogP contribution in [0, 0.1) is 0 Å². The van der Waals surface area contributed by atoms with Crippen molar-refractivity contribution in [2.24, 2.45) is 0 Å². The smallest absolute Gasteiger partial charge is 0.423 e. The first-order valence-electron chi connectivity index (χ1n) is 30.3. The van der Waals surface area contributed by atoms with Crippen LogP contribution in [0.1, 0.15) is 0 Å². The average molecular weight is 1250 g/mol. The van der Waals surface area contributed by atoms with E-state index in [0.29, 0.717) is 5.46 Å². The van der Waals surface area contributed by atoms with Gasteiger partial charge in [-0.05, 0) is 154 Å². The van der Waals surface area contributed by atoms with Crippen molar-refractivity contribution >= 4 is 156 Å². The summed E-state index contributed by atoms with van der Waals surface area (Å²) in [7, 11) is -1.41. The van der Waals surface area contributed by atoms with Crippen LogP contribution in [0.2, 0.25) is 0 Å². The van der Waals surface area contributed by atoms with E-state index < -0.39 is 7.12 Å². The lowest BCUT2D eigenvalue weighted by Gasteiger charge is -2.20. The van der Waals surface area contributed by atoms with E-state index in [1.165, 1.54) is 151 Å². The lowest BCUT2D eigenvalue weighted by atomic mass is 9.80. The Morgan fingerprint density at radius 1 is 0.222 bits per heavy atom. The molecule has 2 aromatic heterocycles. The predicted molar refractivity (Wildman–Crippen MR) is 395 cm³/mol. The van der Waals surface area contributed by atoms with Crippen molar-refractivity contribution in [3.63, 3.8) is 0 Å². The lowest BCUT2D eigenvalue weighted by molar-refractivity contribution is 0.426. The SMILES string of the molecule is Brc1c2ccccc2c(-c2ccc(-c3ccccc3)c3ccccc23)c2ccccc12.OB(O)c1cccc2c1sc1ccccc12.c1ccc(-c2ccc(-c3c4ccccc4c(-c4cccc5c4sc4ccccc45)c4ccccc34)c3ccccc23)cc1. The first-order chi connectivity index (χ1) is 44.5. The number of benzene rings is 16. The van der Waals surface area contributed by atoms with Crippen LogP contribution in [0.5, 0.6) is 0 Å². The molecule has 2 N–H and O–H groups in total. The molecule has 424 valence electrons.